The molecule has 0 spiro atoms. The van der Waals surface area contributed by atoms with Gasteiger partial charge in [-0.3, -0.25) is 4.79 Å². The second-order valence-electron chi connectivity index (χ2n) is 3.70. The molecular weight excluding hydrogens is 310 g/mol. The molecule has 1 rings (SSSR count). The predicted molar refractivity (Wildman–Crippen MR) is 75.0 cm³/mol. The van der Waals surface area contributed by atoms with Gasteiger partial charge in [0.05, 0.1) is 10.9 Å². The van der Waals surface area contributed by atoms with Gasteiger partial charge in [0.1, 0.15) is 10.8 Å². The lowest BCUT2D eigenvalue weighted by molar-refractivity contribution is -0.143. The summed E-state index contributed by atoms with van der Waals surface area (Å²) >= 11 is 6.72. The van der Waals surface area contributed by atoms with Crippen molar-refractivity contribution in [3.05, 3.63) is 16.5 Å². The van der Waals surface area contributed by atoms with Crippen LogP contribution in [-0.4, -0.2) is 38.4 Å². The highest BCUT2D eigenvalue weighted by molar-refractivity contribution is 7.91. The lowest BCUT2D eigenvalue weighted by Gasteiger charge is -2.19. The summed E-state index contributed by atoms with van der Waals surface area (Å²) in [5, 5.41) is 0. The maximum absolute atomic E-state index is 12.3. The fourth-order valence-corrected chi connectivity index (χ4v) is 4.56. The van der Waals surface area contributed by atoms with Crippen LogP contribution in [0.4, 0.5) is 0 Å². The van der Waals surface area contributed by atoms with E-state index in [0.717, 1.165) is 15.6 Å². The highest BCUT2D eigenvalue weighted by atomic mass is 35.5. The zero-order valence-electron chi connectivity index (χ0n) is 10.8. The minimum Gasteiger partial charge on any atom is -0.465 e. The summed E-state index contributed by atoms with van der Waals surface area (Å²) in [5.41, 5.74) is 0. The fraction of sp³-hybridized carbons (Fsp3) is 0.545. The molecule has 1 aromatic heterocycles. The molecule has 0 amide bonds. The summed E-state index contributed by atoms with van der Waals surface area (Å²) < 4.78 is 31.1. The topological polar surface area (TPSA) is 63.7 Å². The smallest absolute Gasteiger partial charge is 0.321 e. The summed E-state index contributed by atoms with van der Waals surface area (Å²) in [7, 11) is -3.69. The van der Waals surface area contributed by atoms with Gasteiger partial charge < -0.3 is 4.74 Å². The molecular formula is C11H16ClNO4S2. The van der Waals surface area contributed by atoms with Crippen LogP contribution in [0.25, 0.3) is 0 Å². The average molecular weight is 326 g/mol. The SMILES string of the molecule is CCCN(CC(=O)OCC)S(=O)(=O)c1ccc(Cl)s1. The molecule has 108 valence electrons. The monoisotopic (exact) mass is 325 g/mol. The molecule has 0 radical (unpaired) electrons. The summed E-state index contributed by atoms with van der Waals surface area (Å²) in [6.45, 7) is 3.73. The molecule has 0 saturated carbocycles. The van der Waals surface area contributed by atoms with E-state index in [1.807, 2.05) is 6.92 Å². The Morgan fingerprint density at radius 3 is 2.58 bits per heavy atom. The summed E-state index contributed by atoms with van der Waals surface area (Å²) in [4.78, 5) is 11.5. The van der Waals surface area contributed by atoms with Crippen molar-refractivity contribution in [2.45, 2.75) is 24.5 Å². The molecule has 1 heterocycles. The zero-order chi connectivity index (χ0) is 14.5. The first-order valence-electron chi connectivity index (χ1n) is 5.83. The van der Waals surface area contributed by atoms with Gasteiger partial charge in [0.15, 0.2) is 0 Å². The molecule has 0 atom stereocenters. The molecule has 0 unspecified atom stereocenters. The van der Waals surface area contributed by atoms with Crippen LogP contribution in [0, 0.1) is 0 Å². The molecule has 1 aromatic rings. The Labute approximate surface area is 122 Å². The van der Waals surface area contributed by atoms with Crippen LogP contribution in [0.1, 0.15) is 20.3 Å². The van der Waals surface area contributed by atoms with E-state index in [4.69, 9.17) is 16.3 Å². The Morgan fingerprint density at radius 1 is 1.42 bits per heavy atom. The van der Waals surface area contributed by atoms with E-state index in [1.165, 1.54) is 12.1 Å². The van der Waals surface area contributed by atoms with Crippen molar-refractivity contribution >= 4 is 38.9 Å². The van der Waals surface area contributed by atoms with E-state index in [0.29, 0.717) is 10.8 Å². The quantitative estimate of drug-likeness (QED) is 0.722. The van der Waals surface area contributed by atoms with Gasteiger partial charge >= 0.3 is 5.97 Å². The number of thiophene rings is 1. The molecule has 0 N–H and O–H groups in total. The van der Waals surface area contributed by atoms with Gasteiger partial charge in [-0.2, -0.15) is 4.31 Å². The van der Waals surface area contributed by atoms with E-state index in [1.54, 1.807) is 6.92 Å². The Balaban J connectivity index is 2.94. The van der Waals surface area contributed by atoms with Crippen LogP contribution < -0.4 is 0 Å². The van der Waals surface area contributed by atoms with Gasteiger partial charge in [-0.25, -0.2) is 8.42 Å². The maximum atomic E-state index is 12.3. The Kier molecular flexibility index (Phi) is 6.25. The summed E-state index contributed by atoms with van der Waals surface area (Å²) in [6, 6.07) is 2.96. The zero-order valence-corrected chi connectivity index (χ0v) is 13.1. The van der Waals surface area contributed by atoms with Gasteiger partial charge in [0.2, 0.25) is 0 Å². The number of rotatable bonds is 7. The average Bonchev–Trinajstić information content (AvgIpc) is 2.76. The van der Waals surface area contributed by atoms with Crippen LogP contribution in [0.3, 0.4) is 0 Å². The maximum Gasteiger partial charge on any atom is 0.321 e. The van der Waals surface area contributed by atoms with Crippen LogP contribution in [0.15, 0.2) is 16.3 Å². The second-order valence-corrected chi connectivity index (χ2v) is 7.58. The molecule has 0 bridgehead atoms. The lowest BCUT2D eigenvalue weighted by atomic mass is 10.5. The number of sulfonamides is 1. The van der Waals surface area contributed by atoms with Crippen molar-refractivity contribution in [3.8, 4) is 0 Å². The van der Waals surface area contributed by atoms with Crippen LogP contribution in [0.5, 0.6) is 0 Å². The van der Waals surface area contributed by atoms with Crippen molar-refractivity contribution < 1.29 is 17.9 Å². The van der Waals surface area contributed by atoms with Crippen molar-refractivity contribution in [1.29, 1.82) is 0 Å². The third-order valence-corrected chi connectivity index (χ3v) is 5.77. The summed E-state index contributed by atoms with van der Waals surface area (Å²) in [6.07, 6.45) is 0.609. The number of nitrogens with zero attached hydrogens (tertiary/aromatic N) is 1. The first-order valence-corrected chi connectivity index (χ1v) is 8.46. The van der Waals surface area contributed by atoms with E-state index in [2.05, 4.69) is 0 Å². The van der Waals surface area contributed by atoms with Crippen molar-refractivity contribution in [3.63, 3.8) is 0 Å². The fourth-order valence-electron chi connectivity index (χ4n) is 1.45. The minimum atomic E-state index is -3.69. The molecule has 0 aliphatic rings. The highest BCUT2D eigenvalue weighted by Gasteiger charge is 2.27. The van der Waals surface area contributed by atoms with E-state index < -0.39 is 16.0 Å². The van der Waals surface area contributed by atoms with Gasteiger partial charge in [-0.1, -0.05) is 18.5 Å². The number of halogens is 1. The van der Waals surface area contributed by atoms with Gasteiger partial charge in [0.25, 0.3) is 10.0 Å². The van der Waals surface area contributed by atoms with E-state index >= 15 is 0 Å². The third kappa shape index (κ3) is 4.45. The van der Waals surface area contributed by atoms with Gasteiger partial charge in [0, 0.05) is 6.54 Å². The number of hydrogen-bond acceptors (Lipinski definition) is 5. The number of carbonyl (C=O) groups excluding carboxylic acids is 1. The first-order chi connectivity index (χ1) is 8.91. The number of carbonyl (C=O) groups is 1. The van der Waals surface area contributed by atoms with Crippen molar-refractivity contribution in [1.82, 2.24) is 4.31 Å². The molecule has 0 aliphatic carbocycles. The first kappa shape index (κ1) is 16.4. The molecule has 19 heavy (non-hydrogen) atoms. The third-order valence-electron chi connectivity index (χ3n) is 2.23. The van der Waals surface area contributed by atoms with E-state index in [-0.39, 0.29) is 23.9 Å². The van der Waals surface area contributed by atoms with Crippen molar-refractivity contribution in [2.75, 3.05) is 19.7 Å². The Bertz CT molecular complexity index is 527. The Hall–Kier alpha value is -0.630. The van der Waals surface area contributed by atoms with Crippen LogP contribution >= 0.6 is 22.9 Å². The molecule has 0 fully saturated rings. The van der Waals surface area contributed by atoms with Crippen LogP contribution in [-0.2, 0) is 19.6 Å². The Morgan fingerprint density at radius 2 is 2.11 bits per heavy atom. The predicted octanol–water partition coefficient (Wildman–Crippen LogP) is 2.37. The normalized spacial score (nSPS) is 11.8. The standard InChI is InChI=1S/C11H16ClNO4S2/c1-3-7-13(8-10(14)17-4-2)19(15,16)11-6-5-9(12)18-11/h5-6H,3-4,7-8H2,1-2H3. The van der Waals surface area contributed by atoms with Crippen molar-refractivity contribution in [2.24, 2.45) is 0 Å². The molecule has 0 aliphatic heterocycles. The molecule has 0 saturated heterocycles. The van der Waals surface area contributed by atoms with E-state index in [9.17, 15) is 13.2 Å². The second kappa shape index (κ2) is 7.23. The number of esters is 1. The number of ether oxygens (including phenoxy) is 1. The van der Waals surface area contributed by atoms with Gasteiger partial charge in [-0.05, 0) is 25.5 Å². The molecule has 8 heteroatoms. The highest BCUT2D eigenvalue weighted by Crippen LogP contribution is 2.28. The summed E-state index contributed by atoms with van der Waals surface area (Å²) in [5.74, 6) is -0.554. The molecule has 0 aromatic carbocycles. The van der Waals surface area contributed by atoms with Gasteiger partial charge in [-0.15, -0.1) is 11.3 Å². The number of hydrogen-bond donors (Lipinski definition) is 0. The largest absolute Gasteiger partial charge is 0.465 e. The molecule has 5 nitrogen and oxygen atoms in total. The minimum absolute atomic E-state index is 0.134. The van der Waals surface area contributed by atoms with Crippen LogP contribution in [0.2, 0.25) is 4.34 Å². The lowest BCUT2D eigenvalue weighted by Crippen LogP contribution is -2.36.